The highest BCUT2D eigenvalue weighted by atomic mass is 31.2. The molecule has 11 heteroatoms. The van der Waals surface area contributed by atoms with Crippen molar-refractivity contribution in [3.8, 4) is 0 Å². The lowest BCUT2D eigenvalue weighted by Crippen LogP contribution is -2.31. The van der Waals surface area contributed by atoms with Gasteiger partial charge in [0, 0.05) is 12.8 Å². The summed E-state index contributed by atoms with van der Waals surface area (Å²) in [4.78, 5) is 46.2. The van der Waals surface area contributed by atoms with E-state index in [1.807, 2.05) is 0 Å². The molecule has 0 saturated carbocycles. The normalized spacial score (nSPS) is 13.9. The number of hydrogen-bond donors (Lipinski definition) is 3. The van der Waals surface area contributed by atoms with E-state index in [0.717, 1.165) is 57.8 Å². The van der Waals surface area contributed by atoms with Gasteiger partial charge in [0.2, 0.25) is 0 Å². The van der Waals surface area contributed by atoms with Crippen LogP contribution in [0, 0.1) is 0 Å². The molecule has 0 saturated heterocycles. The Hall–Kier alpha value is -1.74. The Balaban J connectivity index is 4.39. The SMILES string of the molecule is CCCCCCCC/C=C\CCCCCCCC(=O)O[C@H](COC(=O)CCCCCCCCCCCCCCC)COP(=O)(O)CC[C@H](N)C(=O)O. The molecule has 0 aromatic rings. The monoisotopic (exact) mass is 760 g/mol. The smallest absolute Gasteiger partial charge is 0.328 e. The van der Waals surface area contributed by atoms with E-state index in [2.05, 4.69) is 26.0 Å². The molecule has 0 radical (unpaired) electrons. The molecule has 52 heavy (non-hydrogen) atoms. The number of carboxylic acid groups (broad SMARTS) is 1. The Morgan fingerprint density at radius 2 is 1.02 bits per heavy atom. The lowest BCUT2D eigenvalue weighted by Gasteiger charge is -2.20. The molecular formula is C41H78NO9P. The number of ether oxygens (including phenoxy) is 2. The highest BCUT2D eigenvalue weighted by Crippen LogP contribution is 2.42. The molecule has 4 N–H and O–H groups in total. The quantitative estimate of drug-likeness (QED) is 0.0238. The fraction of sp³-hybridized carbons (Fsp3) is 0.878. The summed E-state index contributed by atoms with van der Waals surface area (Å²) in [6.07, 6.45) is 33.8. The maximum Gasteiger partial charge on any atom is 0.328 e. The van der Waals surface area contributed by atoms with Gasteiger partial charge in [0.05, 0.1) is 12.8 Å². The number of nitrogens with two attached hydrogens (primary N) is 1. The molecule has 0 aliphatic carbocycles. The first-order valence-electron chi connectivity index (χ1n) is 21.1. The predicted molar refractivity (Wildman–Crippen MR) is 211 cm³/mol. The lowest BCUT2D eigenvalue weighted by molar-refractivity contribution is -0.161. The van der Waals surface area contributed by atoms with E-state index in [-0.39, 0.29) is 25.9 Å². The van der Waals surface area contributed by atoms with Gasteiger partial charge in [-0.1, -0.05) is 154 Å². The summed E-state index contributed by atoms with van der Waals surface area (Å²) in [5, 5.41) is 8.95. The van der Waals surface area contributed by atoms with Crippen LogP contribution in [0.4, 0.5) is 0 Å². The Kier molecular flexibility index (Phi) is 35.0. The van der Waals surface area contributed by atoms with Gasteiger partial charge in [0.15, 0.2) is 6.10 Å². The van der Waals surface area contributed by atoms with Crippen LogP contribution in [0.5, 0.6) is 0 Å². The Bertz CT molecular complexity index is 945. The van der Waals surface area contributed by atoms with Crippen molar-refractivity contribution in [2.24, 2.45) is 5.73 Å². The Morgan fingerprint density at radius 3 is 1.46 bits per heavy atom. The van der Waals surface area contributed by atoms with E-state index in [0.29, 0.717) is 12.8 Å². The summed E-state index contributed by atoms with van der Waals surface area (Å²) in [7, 11) is -4.21. The molecule has 0 heterocycles. The van der Waals surface area contributed by atoms with E-state index in [4.69, 9.17) is 24.8 Å². The zero-order valence-electron chi connectivity index (χ0n) is 33.2. The van der Waals surface area contributed by atoms with Crippen LogP contribution < -0.4 is 5.73 Å². The van der Waals surface area contributed by atoms with E-state index < -0.39 is 50.4 Å². The van der Waals surface area contributed by atoms with Crippen LogP contribution in [0.2, 0.25) is 0 Å². The number of aliphatic carboxylic acids is 1. The number of esters is 2. The van der Waals surface area contributed by atoms with Crippen molar-refractivity contribution in [3.05, 3.63) is 12.2 Å². The fourth-order valence-corrected chi connectivity index (χ4v) is 7.07. The van der Waals surface area contributed by atoms with E-state index >= 15 is 0 Å². The van der Waals surface area contributed by atoms with Crippen molar-refractivity contribution in [2.45, 2.75) is 212 Å². The second kappa shape index (κ2) is 36.2. The minimum Gasteiger partial charge on any atom is -0.480 e. The molecule has 1 unspecified atom stereocenters. The first-order chi connectivity index (χ1) is 25.1. The molecule has 306 valence electrons. The third-order valence-electron chi connectivity index (χ3n) is 9.36. The second-order valence-corrected chi connectivity index (χ2v) is 16.5. The molecule has 0 aliphatic rings. The highest BCUT2D eigenvalue weighted by Gasteiger charge is 2.26. The van der Waals surface area contributed by atoms with Crippen molar-refractivity contribution in [1.29, 1.82) is 0 Å². The number of carboxylic acids is 1. The molecule has 10 nitrogen and oxygen atoms in total. The van der Waals surface area contributed by atoms with Gasteiger partial charge in [-0.05, 0) is 44.9 Å². The minimum atomic E-state index is -4.21. The van der Waals surface area contributed by atoms with Crippen molar-refractivity contribution < 1.29 is 42.9 Å². The van der Waals surface area contributed by atoms with E-state index in [1.54, 1.807) is 0 Å². The van der Waals surface area contributed by atoms with Crippen LogP contribution in [-0.4, -0.2) is 59.4 Å². The molecule has 0 bridgehead atoms. The summed E-state index contributed by atoms with van der Waals surface area (Å²) in [6, 6.07) is -1.30. The van der Waals surface area contributed by atoms with Gasteiger partial charge >= 0.3 is 25.5 Å². The number of unbranched alkanes of at least 4 members (excludes halogenated alkanes) is 23. The van der Waals surface area contributed by atoms with Crippen LogP contribution in [0.1, 0.15) is 200 Å². The summed E-state index contributed by atoms with van der Waals surface area (Å²) >= 11 is 0. The highest BCUT2D eigenvalue weighted by molar-refractivity contribution is 7.52. The predicted octanol–water partition coefficient (Wildman–Crippen LogP) is 11.0. The summed E-state index contributed by atoms with van der Waals surface area (Å²) in [6.45, 7) is 3.73. The summed E-state index contributed by atoms with van der Waals surface area (Å²) < 4.78 is 28.5. The van der Waals surface area contributed by atoms with Gasteiger partial charge in [-0.15, -0.1) is 0 Å². The van der Waals surface area contributed by atoms with Crippen LogP contribution in [0.15, 0.2) is 12.2 Å². The molecule has 0 amide bonds. The largest absolute Gasteiger partial charge is 0.480 e. The van der Waals surface area contributed by atoms with Gasteiger partial charge < -0.3 is 29.7 Å². The topological polar surface area (TPSA) is 162 Å². The maximum absolute atomic E-state index is 12.6. The first-order valence-corrected chi connectivity index (χ1v) is 22.8. The zero-order valence-corrected chi connectivity index (χ0v) is 34.1. The molecule has 3 atom stereocenters. The number of carbonyl (C=O) groups is 3. The van der Waals surface area contributed by atoms with Crippen LogP contribution in [0.3, 0.4) is 0 Å². The molecule has 0 aliphatic heterocycles. The van der Waals surface area contributed by atoms with Gasteiger partial charge in [-0.2, -0.15) is 0 Å². The van der Waals surface area contributed by atoms with Crippen molar-refractivity contribution in [2.75, 3.05) is 19.4 Å². The van der Waals surface area contributed by atoms with Crippen molar-refractivity contribution in [3.63, 3.8) is 0 Å². The molecule has 0 aromatic carbocycles. The fourth-order valence-electron chi connectivity index (χ4n) is 5.94. The first kappa shape index (κ1) is 50.3. The minimum absolute atomic E-state index is 0.186. The van der Waals surface area contributed by atoms with Crippen LogP contribution in [-0.2, 0) is 32.9 Å². The Labute approximate surface area is 317 Å². The van der Waals surface area contributed by atoms with E-state index in [1.165, 1.54) is 96.3 Å². The maximum atomic E-state index is 12.6. The third-order valence-corrected chi connectivity index (χ3v) is 10.7. The summed E-state index contributed by atoms with van der Waals surface area (Å²) in [5.41, 5.74) is 5.45. The number of hydrogen-bond acceptors (Lipinski definition) is 8. The van der Waals surface area contributed by atoms with Gasteiger partial charge in [0.1, 0.15) is 12.6 Å². The summed E-state index contributed by atoms with van der Waals surface area (Å²) in [5.74, 6) is -2.18. The average Bonchev–Trinajstić information content (AvgIpc) is 3.12. The zero-order chi connectivity index (χ0) is 38.5. The number of carbonyl (C=O) groups excluding carboxylic acids is 2. The molecular weight excluding hydrogens is 681 g/mol. The van der Waals surface area contributed by atoms with Gasteiger partial charge in [0.25, 0.3) is 0 Å². The van der Waals surface area contributed by atoms with Crippen molar-refractivity contribution in [1.82, 2.24) is 0 Å². The lowest BCUT2D eigenvalue weighted by atomic mass is 10.0. The molecule has 0 rings (SSSR count). The van der Waals surface area contributed by atoms with Gasteiger partial charge in [-0.3, -0.25) is 18.9 Å². The average molecular weight is 760 g/mol. The van der Waals surface area contributed by atoms with Gasteiger partial charge in [-0.25, -0.2) is 0 Å². The van der Waals surface area contributed by atoms with Crippen molar-refractivity contribution >= 4 is 25.5 Å². The standard InChI is InChI=1S/C41H78NO9P/c1-3-5-7-9-11-13-15-17-18-20-22-24-26-28-30-32-40(44)51-37(36-50-52(47,48)34-33-38(42)41(45)46)35-49-39(43)31-29-27-25-23-21-19-16-14-12-10-8-6-4-2/h17-18,37-38H,3-16,19-36,42H2,1-2H3,(H,45,46)(H,47,48)/b18-17-/t37-,38+/m1/s1. The number of allylic oxidation sites excluding steroid dienone is 2. The third kappa shape index (κ3) is 35.3. The Morgan fingerprint density at radius 1 is 0.615 bits per heavy atom. The second-order valence-electron chi connectivity index (χ2n) is 14.5. The molecule has 0 fully saturated rings. The van der Waals surface area contributed by atoms with E-state index in [9.17, 15) is 23.8 Å². The van der Waals surface area contributed by atoms with Crippen LogP contribution in [0.25, 0.3) is 0 Å². The molecule has 0 spiro atoms. The number of rotatable bonds is 39. The van der Waals surface area contributed by atoms with Crippen LogP contribution >= 0.6 is 7.60 Å². The molecule has 0 aromatic heterocycles.